The Bertz CT molecular complexity index is 1410. The lowest BCUT2D eigenvalue weighted by Crippen LogP contribution is -2.04. The van der Waals surface area contributed by atoms with Crippen LogP contribution < -0.4 is 4.52 Å². The molecule has 0 unspecified atom stereocenters. The molecule has 0 amide bonds. The average molecular weight is 611 g/mol. The second-order valence-corrected chi connectivity index (χ2v) is 12.6. The van der Waals surface area contributed by atoms with Crippen molar-refractivity contribution in [3.8, 4) is 39.1 Å². The van der Waals surface area contributed by atoms with Gasteiger partial charge < -0.3 is 14.3 Å². The van der Waals surface area contributed by atoms with Gasteiger partial charge in [-0.1, -0.05) is 120 Å². The number of unbranched alkanes of at least 4 members (excludes halogenated alkanes) is 4. The molecule has 0 spiro atoms. The Morgan fingerprint density at radius 3 is 1.36 bits per heavy atom. The molecule has 234 valence electrons. The number of rotatable bonds is 17. The van der Waals surface area contributed by atoms with Gasteiger partial charge in [0.05, 0.1) is 0 Å². The van der Waals surface area contributed by atoms with Crippen LogP contribution in [-0.4, -0.2) is 9.79 Å². The molecule has 44 heavy (non-hydrogen) atoms. The Morgan fingerprint density at radius 2 is 0.932 bits per heavy atom. The van der Waals surface area contributed by atoms with E-state index >= 15 is 0 Å². The Balaban J connectivity index is 2.18. The van der Waals surface area contributed by atoms with Crippen LogP contribution in [0.2, 0.25) is 0 Å². The molecule has 0 aliphatic carbocycles. The summed E-state index contributed by atoms with van der Waals surface area (Å²) in [5, 5.41) is 0. The van der Waals surface area contributed by atoms with Crippen LogP contribution in [0, 0.1) is 0 Å². The normalized spacial score (nSPS) is 11.3. The lowest BCUT2D eigenvalue weighted by Gasteiger charge is -2.26. The summed E-state index contributed by atoms with van der Waals surface area (Å²) in [5.41, 5.74) is 12.3. The Kier molecular flexibility index (Phi) is 13.5. The van der Waals surface area contributed by atoms with Crippen LogP contribution in [0.4, 0.5) is 0 Å². The largest absolute Gasteiger partial charge is 0.426 e. The third-order valence-corrected chi connectivity index (χ3v) is 8.96. The summed E-state index contributed by atoms with van der Waals surface area (Å²) in [6.45, 7) is 8.99. The zero-order valence-corrected chi connectivity index (χ0v) is 28.1. The van der Waals surface area contributed by atoms with Gasteiger partial charge in [-0.15, -0.1) is 0 Å². The van der Waals surface area contributed by atoms with Gasteiger partial charge >= 0.3 is 8.60 Å². The number of benzene rings is 4. The van der Waals surface area contributed by atoms with Crippen LogP contribution in [0.5, 0.6) is 5.75 Å². The predicted molar refractivity (Wildman–Crippen MR) is 189 cm³/mol. The van der Waals surface area contributed by atoms with Crippen molar-refractivity contribution in [2.24, 2.45) is 0 Å². The van der Waals surface area contributed by atoms with Crippen LogP contribution in [0.25, 0.3) is 33.4 Å². The molecule has 0 heterocycles. The maximum Gasteiger partial charge on any atom is 0.391 e. The quantitative estimate of drug-likeness (QED) is 0.117. The van der Waals surface area contributed by atoms with Gasteiger partial charge in [-0.25, -0.2) is 0 Å². The lowest BCUT2D eigenvalue weighted by atomic mass is 9.80. The van der Waals surface area contributed by atoms with E-state index in [4.69, 9.17) is 4.52 Å². The van der Waals surface area contributed by atoms with E-state index in [0.29, 0.717) is 5.75 Å². The SMILES string of the molecule is CCCCc1cccc(CCCC)c1-c1ccc(OP(O)O)c(-c2c(CCCC)cccc2CCCC)c1-c1ccccc1. The van der Waals surface area contributed by atoms with Gasteiger partial charge in [0.2, 0.25) is 0 Å². The third kappa shape index (κ3) is 8.39. The molecule has 4 aromatic carbocycles. The molecule has 2 N–H and O–H groups in total. The summed E-state index contributed by atoms with van der Waals surface area (Å²) in [5.74, 6) is 0.534. The summed E-state index contributed by atoms with van der Waals surface area (Å²) in [4.78, 5) is 20.5. The molecule has 4 aromatic rings. The van der Waals surface area contributed by atoms with E-state index in [2.05, 4.69) is 100 Å². The van der Waals surface area contributed by atoms with E-state index in [1.165, 1.54) is 38.9 Å². The number of hydrogen-bond donors (Lipinski definition) is 2. The summed E-state index contributed by atoms with van der Waals surface area (Å²) in [6, 6.07) is 28.3. The fourth-order valence-corrected chi connectivity index (χ4v) is 6.71. The Hall–Kier alpha value is -2.97. The highest BCUT2D eigenvalue weighted by Crippen LogP contribution is 2.51. The van der Waals surface area contributed by atoms with E-state index < -0.39 is 8.60 Å². The van der Waals surface area contributed by atoms with Gasteiger partial charge in [0.1, 0.15) is 5.75 Å². The van der Waals surface area contributed by atoms with Crippen molar-refractivity contribution in [2.75, 3.05) is 0 Å². The molecule has 3 nitrogen and oxygen atoms in total. The highest BCUT2D eigenvalue weighted by atomic mass is 31.2. The first kappa shape index (κ1) is 33.9. The van der Waals surface area contributed by atoms with Crippen LogP contribution in [-0.2, 0) is 25.7 Å². The Morgan fingerprint density at radius 1 is 0.477 bits per heavy atom. The third-order valence-electron chi connectivity index (χ3n) is 8.60. The summed E-state index contributed by atoms with van der Waals surface area (Å²) < 4.78 is 5.94. The molecule has 0 bridgehead atoms. The van der Waals surface area contributed by atoms with Gasteiger partial charge in [-0.2, -0.15) is 0 Å². The van der Waals surface area contributed by atoms with Crippen LogP contribution >= 0.6 is 8.60 Å². The maximum absolute atomic E-state index is 10.2. The molecule has 0 saturated heterocycles. The predicted octanol–water partition coefficient (Wildman–Crippen LogP) is 11.6. The van der Waals surface area contributed by atoms with Crippen molar-refractivity contribution >= 4 is 8.60 Å². The van der Waals surface area contributed by atoms with Crippen LogP contribution in [0.1, 0.15) is 101 Å². The Labute approximate surface area is 267 Å². The maximum atomic E-state index is 10.2. The van der Waals surface area contributed by atoms with E-state index in [0.717, 1.165) is 93.7 Å². The molecule has 0 saturated carbocycles. The molecule has 4 rings (SSSR count). The molecular weight excluding hydrogens is 559 g/mol. The lowest BCUT2D eigenvalue weighted by molar-refractivity contribution is 0.375. The molecule has 0 fully saturated rings. The second-order valence-electron chi connectivity index (χ2n) is 11.9. The monoisotopic (exact) mass is 610 g/mol. The minimum absolute atomic E-state index is 0.534. The first-order valence-corrected chi connectivity index (χ1v) is 18.0. The molecule has 0 aromatic heterocycles. The highest BCUT2D eigenvalue weighted by Gasteiger charge is 2.26. The van der Waals surface area contributed by atoms with Gasteiger partial charge in [0, 0.05) is 11.1 Å². The fourth-order valence-electron chi connectivity index (χ4n) is 6.38. The highest BCUT2D eigenvalue weighted by molar-refractivity contribution is 7.39. The van der Waals surface area contributed by atoms with Crippen LogP contribution in [0.15, 0.2) is 78.9 Å². The molecule has 0 aliphatic heterocycles. The summed E-state index contributed by atoms with van der Waals surface area (Å²) >= 11 is 0. The molecule has 4 heteroatoms. The summed E-state index contributed by atoms with van der Waals surface area (Å²) in [6.07, 6.45) is 12.9. The first-order valence-electron chi connectivity index (χ1n) is 16.8. The molecule has 0 atom stereocenters. The van der Waals surface area contributed by atoms with E-state index in [9.17, 15) is 9.79 Å². The van der Waals surface area contributed by atoms with E-state index in [-0.39, 0.29) is 0 Å². The van der Waals surface area contributed by atoms with Crippen molar-refractivity contribution in [3.63, 3.8) is 0 Å². The fraction of sp³-hybridized carbons (Fsp3) is 0.400. The van der Waals surface area contributed by atoms with Gasteiger partial charge in [0.15, 0.2) is 0 Å². The van der Waals surface area contributed by atoms with Crippen molar-refractivity contribution < 1.29 is 14.3 Å². The zero-order valence-electron chi connectivity index (χ0n) is 27.2. The van der Waals surface area contributed by atoms with Crippen molar-refractivity contribution in [1.29, 1.82) is 0 Å². The average Bonchev–Trinajstić information content (AvgIpc) is 3.04. The van der Waals surface area contributed by atoms with Gasteiger partial charge in [-0.05, 0) is 108 Å². The van der Waals surface area contributed by atoms with Crippen molar-refractivity contribution in [2.45, 2.75) is 105 Å². The van der Waals surface area contributed by atoms with Crippen LogP contribution in [0.3, 0.4) is 0 Å². The number of hydrogen-bond acceptors (Lipinski definition) is 3. The van der Waals surface area contributed by atoms with E-state index in [1.807, 2.05) is 6.07 Å². The van der Waals surface area contributed by atoms with Crippen molar-refractivity contribution in [3.05, 3.63) is 101 Å². The van der Waals surface area contributed by atoms with Crippen molar-refractivity contribution in [1.82, 2.24) is 0 Å². The molecule has 0 radical (unpaired) electrons. The van der Waals surface area contributed by atoms with Gasteiger partial charge in [-0.3, -0.25) is 0 Å². The van der Waals surface area contributed by atoms with E-state index in [1.54, 1.807) is 0 Å². The molecular formula is C40H51O3P. The smallest absolute Gasteiger partial charge is 0.391 e. The molecule has 0 aliphatic rings. The zero-order chi connectivity index (χ0) is 31.3. The second kappa shape index (κ2) is 17.5. The first-order chi connectivity index (χ1) is 21.5. The number of aryl methyl sites for hydroxylation is 4. The minimum Gasteiger partial charge on any atom is -0.426 e. The summed E-state index contributed by atoms with van der Waals surface area (Å²) in [7, 11) is -2.60. The topological polar surface area (TPSA) is 49.7 Å². The van der Waals surface area contributed by atoms with Gasteiger partial charge in [0.25, 0.3) is 0 Å². The standard InChI is InChI=1S/C40H51O3P/c1-5-9-18-30-24-16-25-31(19-10-6-2)37(30)35-28-29-36(43-44(41)42)40(39(35)34-22-14-13-15-23-34)38-32(20-11-7-3)26-17-27-33(38)21-12-8-4/h13-17,22-29,41-42H,5-12,18-21H2,1-4H3. The minimum atomic E-state index is -2.60.